The maximum Gasteiger partial charge on any atom is 0.342 e. The molecule has 1 aromatic heterocycles. The molecular weight excluding hydrogens is 306 g/mol. The number of nitrogens with zero attached hydrogens (tertiary/aromatic N) is 1. The summed E-state index contributed by atoms with van der Waals surface area (Å²) in [4.78, 5) is 16.3. The first kappa shape index (κ1) is 17.0. The lowest BCUT2D eigenvalue weighted by atomic mass is 10.0. The molecule has 1 saturated heterocycles. The van der Waals surface area contributed by atoms with Crippen molar-refractivity contribution in [2.75, 3.05) is 19.8 Å². The van der Waals surface area contributed by atoms with Crippen molar-refractivity contribution in [2.45, 2.75) is 39.2 Å². The van der Waals surface area contributed by atoms with Gasteiger partial charge in [0, 0.05) is 19.4 Å². The van der Waals surface area contributed by atoms with Gasteiger partial charge >= 0.3 is 5.97 Å². The van der Waals surface area contributed by atoms with Gasteiger partial charge in [-0.05, 0) is 45.6 Å². The number of carbonyl (C=O) groups is 1. The van der Waals surface area contributed by atoms with Crippen LogP contribution in [0.15, 0.2) is 12.3 Å². The Kier molecular flexibility index (Phi) is 5.64. The molecule has 1 aliphatic heterocycles. The molecule has 22 heavy (non-hydrogen) atoms. The van der Waals surface area contributed by atoms with Gasteiger partial charge < -0.3 is 14.2 Å². The summed E-state index contributed by atoms with van der Waals surface area (Å²) in [6, 6.07) is 1.57. The lowest BCUT2D eigenvalue weighted by Crippen LogP contribution is -2.25. The minimum Gasteiger partial charge on any atom is -0.489 e. The van der Waals surface area contributed by atoms with Crippen LogP contribution in [-0.4, -0.2) is 36.4 Å². The number of carbonyl (C=O) groups excluding carboxylic acids is 1. The Morgan fingerprint density at radius 2 is 2.09 bits per heavy atom. The van der Waals surface area contributed by atoms with Crippen molar-refractivity contribution in [3.05, 3.63) is 23.0 Å². The third-order valence-electron chi connectivity index (χ3n) is 3.28. The van der Waals surface area contributed by atoms with Gasteiger partial charge in [-0.15, -0.1) is 0 Å². The maximum absolute atomic E-state index is 12.3. The van der Waals surface area contributed by atoms with E-state index in [1.807, 2.05) is 20.8 Å². The molecule has 0 aliphatic carbocycles. The average Bonchev–Trinajstić information content (AvgIpc) is 2.45. The van der Waals surface area contributed by atoms with Gasteiger partial charge in [0.1, 0.15) is 11.2 Å². The Hall–Kier alpha value is -1.33. The van der Waals surface area contributed by atoms with E-state index in [2.05, 4.69) is 4.98 Å². The Balaban J connectivity index is 2.10. The Morgan fingerprint density at radius 3 is 2.73 bits per heavy atom. The third-order valence-corrected chi connectivity index (χ3v) is 3.55. The minimum absolute atomic E-state index is 0.176. The fourth-order valence-electron chi connectivity index (χ4n) is 2.17. The van der Waals surface area contributed by atoms with Crippen molar-refractivity contribution in [3.8, 4) is 5.75 Å². The minimum atomic E-state index is -0.579. The van der Waals surface area contributed by atoms with E-state index < -0.39 is 11.6 Å². The molecular formula is C16H22ClNO4. The van der Waals surface area contributed by atoms with Gasteiger partial charge in [0.2, 0.25) is 0 Å². The molecule has 0 atom stereocenters. The van der Waals surface area contributed by atoms with Crippen LogP contribution in [0, 0.1) is 5.92 Å². The number of hydrogen-bond donors (Lipinski definition) is 0. The van der Waals surface area contributed by atoms with Gasteiger partial charge in [-0.3, -0.25) is 0 Å². The van der Waals surface area contributed by atoms with E-state index in [4.69, 9.17) is 25.8 Å². The Morgan fingerprint density at radius 1 is 1.41 bits per heavy atom. The maximum atomic E-state index is 12.3. The molecule has 122 valence electrons. The molecule has 0 saturated carbocycles. The number of rotatable bonds is 4. The number of halogens is 1. The second kappa shape index (κ2) is 7.29. The van der Waals surface area contributed by atoms with Gasteiger partial charge in [0.15, 0.2) is 10.9 Å². The molecule has 0 amide bonds. The van der Waals surface area contributed by atoms with Crippen LogP contribution >= 0.6 is 11.6 Å². The fourth-order valence-corrected chi connectivity index (χ4v) is 2.38. The standard InChI is InChI=1S/C16H22ClNO4/c1-16(2,3)22-15(19)12-4-7-18-14(17)13(12)21-10-11-5-8-20-9-6-11/h4,7,11H,5-6,8-10H2,1-3H3. The molecule has 1 fully saturated rings. The molecule has 0 N–H and O–H groups in total. The summed E-state index contributed by atoms with van der Waals surface area (Å²) < 4.78 is 16.5. The summed E-state index contributed by atoms with van der Waals surface area (Å²) in [6.45, 7) is 7.43. The van der Waals surface area contributed by atoms with Crippen molar-refractivity contribution in [1.29, 1.82) is 0 Å². The second-order valence-corrected chi connectivity index (χ2v) is 6.71. The number of hydrogen-bond acceptors (Lipinski definition) is 5. The smallest absolute Gasteiger partial charge is 0.342 e. The van der Waals surface area contributed by atoms with Crippen molar-refractivity contribution in [3.63, 3.8) is 0 Å². The lowest BCUT2D eigenvalue weighted by Gasteiger charge is -2.23. The van der Waals surface area contributed by atoms with E-state index in [0.29, 0.717) is 23.8 Å². The average molecular weight is 328 g/mol. The van der Waals surface area contributed by atoms with Crippen LogP contribution in [0.25, 0.3) is 0 Å². The van der Waals surface area contributed by atoms with E-state index in [0.717, 1.165) is 26.1 Å². The van der Waals surface area contributed by atoms with E-state index >= 15 is 0 Å². The van der Waals surface area contributed by atoms with Crippen molar-refractivity contribution < 1.29 is 19.0 Å². The number of aromatic nitrogens is 1. The zero-order valence-electron chi connectivity index (χ0n) is 13.2. The SMILES string of the molecule is CC(C)(C)OC(=O)c1ccnc(Cl)c1OCC1CCOCC1. The van der Waals surface area contributed by atoms with Gasteiger partial charge in [0.05, 0.1) is 6.61 Å². The van der Waals surface area contributed by atoms with Crippen LogP contribution in [0.2, 0.25) is 5.15 Å². The topological polar surface area (TPSA) is 57.7 Å². The molecule has 2 rings (SSSR count). The second-order valence-electron chi connectivity index (χ2n) is 6.35. The van der Waals surface area contributed by atoms with Crippen LogP contribution in [0.3, 0.4) is 0 Å². The molecule has 0 aromatic carbocycles. The number of pyridine rings is 1. The highest BCUT2D eigenvalue weighted by molar-refractivity contribution is 6.31. The Labute approximate surface area is 135 Å². The van der Waals surface area contributed by atoms with Crippen molar-refractivity contribution in [2.24, 2.45) is 5.92 Å². The molecule has 0 radical (unpaired) electrons. The molecule has 0 bridgehead atoms. The number of esters is 1. The van der Waals surface area contributed by atoms with Gasteiger partial charge in [0.25, 0.3) is 0 Å². The highest BCUT2D eigenvalue weighted by Crippen LogP contribution is 2.29. The third kappa shape index (κ3) is 4.85. The quantitative estimate of drug-likeness (QED) is 0.626. The first-order chi connectivity index (χ1) is 10.4. The first-order valence-electron chi connectivity index (χ1n) is 7.45. The predicted octanol–water partition coefficient (Wildman–Crippen LogP) is 3.50. The zero-order valence-corrected chi connectivity index (χ0v) is 14.0. The molecule has 0 spiro atoms. The van der Waals surface area contributed by atoms with Crippen LogP contribution in [0.5, 0.6) is 5.75 Å². The zero-order chi connectivity index (χ0) is 16.2. The van der Waals surface area contributed by atoms with Crippen LogP contribution in [0.1, 0.15) is 44.0 Å². The number of ether oxygens (including phenoxy) is 3. The van der Waals surface area contributed by atoms with E-state index in [9.17, 15) is 4.79 Å². The summed E-state index contributed by atoms with van der Waals surface area (Å²) in [6.07, 6.45) is 3.36. The molecule has 6 heteroatoms. The summed E-state index contributed by atoms with van der Waals surface area (Å²) >= 11 is 6.09. The van der Waals surface area contributed by atoms with Crippen LogP contribution in [0.4, 0.5) is 0 Å². The van der Waals surface area contributed by atoms with E-state index in [1.165, 1.54) is 6.20 Å². The van der Waals surface area contributed by atoms with Crippen molar-refractivity contribution >= 4 is 17.6 Å². The fraction of sp³-hybridized carbons (Fsp3) is 0.625. The predicted molar refractivity (Wildman–Crippen MR) is 83.5 cm³/mol. The molecule has 2 heterocycles. The van der Waals surface area contributed by atoms with Gasteiger partial charge in [-0.25, -0.2) is 9.78 Å². The molecule has 0 unspecified atom stereocenters. The van der Waals surface area contributed by atoms with Crippen molar-refractivity contribution in [1.82, 2.24) is 4.98 Å². The van der Waals surface area contributed by atoms with E-state index in [1.54, 1.807) is 6.07 Å². The summed E-state index contributed by atoms with van der Waals surface area (Å²) in [5.41, 5.74) is -0.271. The van der Waals surface area contributed by atoms with E-state index in [-0.39, 0.29) is 5.15 Å². The summed E-state index contributed by atoms with van der Waals surface area (Å²) in [7, 11) is 0. The molecule has 5 nitrogen and oxygen atoms in total. The van der Waals surface area contributed by atoms with Gasteiger partial charge in [-0.1, -0.05) is 11.6 Å². The lowest BCUT2D eigenvalue weighted by molar-refractivity contribution is 0.00626. The summed E-state index contributed by atoms with van der Waals surface area (Å²) in [5, 5.41) is 0.176. The Bertz CT molecular complexity index is 521. The van der Waals surface area contributed by atoms with Gasteiger partial charge in [-0.2, -0.15) is 0 Å². The largest absolute Gasteiger partial charge is 0.489 e. The highest BCUT2D eigenvalue weighted by atomic mass is 35.5. The monoisotopic (exact) mass is 327 g/mol. The summed E-state index contributed by atoms with van der Waals surface area (Å²) in [5.74, 6) is 0.236. The highest BCUT2D eigenvalue weighted by Gasteiger charge is 2.24. The van der Waals surface area contributed by atoms with Crippen LogP contribution in [-0.2, 0) is 9.47 Å². The normalized spacial score (nSPS) is 16.4. The van der Waals surface area contributed by atoms with Crippen LogP contribution < -0.4 is 4.74 Å². The first-order valence-corrected chi connectivity index (χ1v) is 7.83. The molecule has 1 aliphatic rings. The molecule has 1 aromatic rings.